The number of thiol groups is 1. The van der Waals surface area contributed by atoms with Crippen LogP contribution in [0.1, 0.15) is 12.5 Å². The maximum atomic E-state index is 9.01. The summed E-state index contributed by atoms with van der Waals surface area (Å²) in [6.07, 6.45) is 1.27. The second kappa shape index (κ2) is 3.19. The molecule has 64 valence electrons. The predicted octanol–water partition coefficient (Wildman–Crippen LogP) is 2.19. The Kier molecular flexibility index (Phi) is 2.43. The minimum Gasteiger partial charge on any atom is -0.508 e. The lowest BCUT2D eigenvalue weighted by atomic mass is 10.0. The Morgan fingerprint density at radius 3 is 2.33 bits per heavy atom. The van der Waals surface area contributed by atoms with Crippen LogP contribution in [-0.4, -0.2) is 11.3 Å². The number of phenols is 1. The van der Waals surface area contributed by atoms with Crippen molar-refractivity contribution < 1.29 is 5.11 Å². The molecule has 1 rings (SSSR count). The van der Waals surface area contributed by atoms with Crippen LogP contribution in [0.25, 0.3) is 0 Å². The minimum atomic E-state index is -0.548. The second-order valence-corrected chi connectivity index (χ2v) is 3.77. The molecule has 0 aliphatic carbocycles. The van der Waals surface area contributed by atoms with Gasteiger partial charge in [0.1, 0.15) is 5.75 Å². The molecule has 0 amide bonds. The zero-order valence-electron chi connectivity index (χ0n) is 6.78. The molecule has 0 aliphatic rings. The highest BCUT2D eigenvalue weighted by Gasteiger charge is 2.17. The van der Waals surface area contributed by atoms with Gasteiger partial charge in [-0.1, -0.05) is 12.1 Å². The van der Waals surface area contributed by atoms with E-state index in [1.54, 1.807) is 24.3 Å². The first-order valence-corrected chi connectivity index (χ1v) is 4.04. The fraction of sp³-hybridized carbons (Fsp3) is 0.222. The van der Waals surface area contributed by atoms with Crippen molar-refractivity contribution in [3.05, 3.63) is 29.8 Å². The van der Waals surface area contributed by atoms with E-state index in [0.717, 1.165) is 5.56 Å². The summed E-state index contributed by atoms with van der Waals surface area (Å²) in [6.45, 7) is 1.83. The van der Waals surface area contributed by atoms with Crippen molar-refractivity contribution in [1.29, 1.82) is 5.41 Å². The van der Waals surface area contributed by atoms with Gasteiger partial charge < -0.3 is 10.5 Å². The van der Waals surface area contributed by atoms with Crippen molar-refractivity contribution >= 4 is 18.8 Å². The Morgan fingerprint density at radius 2 is 1.92 bits per heavy atom. The maximum absolute atomic E-state index is 9.01. The van der Waals surface area contributed by atoms with E-state index in [2.05, 4.69) is 12.6 Å². The van der Waals surface area contributed by atoms with Gasteiger partial charge in [0, 0.05) is 6.21 Å². The molecular formula is C9H11NOS. The lowest BCUT2D eigenvalue weighted by Crippen LogP contribution is -2.14. The van der Waals surface area contributed by atoms with Crippen molar-refractivity contribution in [2.24, 2.45) is 0 Å². The summed E-state index contributed by atoms with van der Waals surface area (Å²) in [7, 11) is 0. The number of hydrogen-bond donors (Lipinski definition) is 3. The minimum absolute atomic E-state index is 0.230. The van der Waals surface area contributed by atoms with Crippen molar-refractivity contribution in [2.45, 2.75) is 11.7 Å². The fourth-order valence-corrected chi connectivity index (χ4v) is 1.03. The monoisotopic (exact) mass is 181 g/mol. The van der Waals surface area contributed by atoms with Gasteiger partial charge in [0.15, 0.2) is 0 Å². The van der Waals surface area contributed by atoms with Crippen LogP contribution in [0.3, 0.4) is 0 Å². The van der Waals surface area contributed by atoms with Crippen LogP contribution < -0.4 is 0 Å². The van der Waals surface area contributed by atoms with Crippen LogP contribution in [0.15, 0.2) is 24.3 Å². The zero-order chi connectivity index (χ0) is 9.19. The molecule has 1 aromatic carbocycles. The van der Waals surface area contributed by atoms with Crippen molar-refractivity contribution in [2.75, 3.05) is 0 Å². The lowest BCUT2D eigenvalue weighted by molar-refractivity contribution is 0.475. The Balaban J connectivity index is 3.04. The van der Waals surface area contributed by atoms with Gasteiger partial charge in [-0.25, -0.2) is 0 Å². The van der Waals surface area contributed by atoms with E-state index in [4.69, 9.17) is 10.5 Å². The summed E-state index contributed by atoms with van der Waals surface area (Å²) in [5.41, 5.74) is 0.902. The van der Waals surface area contributed by atoms with Gasteiger partial charge in [0.2, 0.25) is 0 Å². The van der Waals surface area contributed by atoms with Crippen LogP contribution in [-0.2, 0) is 4.75 Å². The molecular weight excluding hydrogens is 170 g/mol. The van der Waals surface area contributed by atoms with Crippen LogP contribution in [0, 0.1) is 5.41 Å². The van der Waals surface area contributed by atoms with E-state index >= 15 is 0 Å². The Bertz CT molecular complexity index is 279. The van der Waals surface area contributed by atoms with Gasteiger partial charge >= 0.3 is 0 Å². The molecule has 0 spiro atoms. The van der Waals surface area contributed by atoms with E-state index < -0.39 is 4.75 Å². The highest BCUT2D eigenvalue weighted by atomic mass is 32.1. The third-order valence-corrected chi connectivity index (χ3v) is 2.12. The first-order chi connectivity index (χ1) is 5.56. The molecule has 1 unspecified atom stereocenters. The van der Waals surface area contributed by atoms with Gasteiger partial charge in [-0.2, -0.15) is 12.6 Å². The van der Waals surface area contributed by atoms with Gasteiger partial charge in [0.05, 0.1) is 4.75 Å². The lowest BCUT2D eigenvalue weighted by Gasteiger charge is -2.17. The van der Waals surface area contributed by atoms with Crippen LogP contribution in [0.4, 0.5) is 0 Å². The fourth-order valence-electron chi connectivity index (χ4n) is 0.882. The summed E-state index contributed by atoms with van der Waals surface area (Å²) < 4.78 is -0.548. The summed E-state index contributed by atoms with van der Waals surface area (Å²) >= 11 is 4.29. The standard InChI is InChI=1S/C9H11NOS/c1-9(12,6-10)7-2-4-8(11)5-3-7/h2-6,10-12H,1H3. The molecule has 12 heavy (non-hydrogen) atoms. The van der Waals surface area contributed by atoms with Gasteiger partial charge in [-0.05, 0) is 24.6 Å². The molecule has 0 bridgehead atoms. The van der Waals surface area contributed by atoms with Gasteiger partial charge in [0.25, 0.3) is 0 Å². The summed E-state index contributed by atoms with van der Waals surface area (Å²) in [4.78, 5) is 0. The number of phenolic OH excluding ortho intramolecular Hbond substituents is 1. The number of nitrogens with one attached hydrogen (secondary N) is 1. The molecule has 0 fully saturated rings. The molecule has 0 aliphatic heterocycles. The van der Waals surface area contributed by atoms with Crippen LogP contribution >= 0.6 is 12.6 Å². The number of hydrogen-bond acceptors (Lipinski definition) is 3. The molecule has 1 atom stereocenters. The van der Waals surface area contributed by atoms with E-state index in [1.165, 1.54) is 6.21 Å². The average molecular weight is 181 g/mol. The molecule has 0 radical (unpaired) electrons. The molecule has 2 nitrogen and oxygen atoms in total. The van der Waals surface area contributed by atoms with E-state index in [1.807, 2.05) is 6.92 Å². The predicted molar refractivity (Wildman–Crippen MR) is 53.2 cm³/mol. The van der Waals surface area contributed by atoms with Crippen LogP contribution in [0.5, 0.6) is 5.75 Å². The topological polar surface area (TPSA) is 44.1 Å². The average Bonchev–Trinajstić information content (AvgIpc) is 2.05. The molecule has 0 aromatic heterocycles. The van der Waals surface area contributed by atoms with Crippen molar-refractivity contribution in [1.82, 2.24) is 0 Å². The second-order valence-electron chi connectivity index (χ2n) is 2.84. The summed E-state index contributed by atoms with van der Waals surface area (Å²) in [6, 6.07) is 6.70. The molecule has 0 saturated carbocycles. The quantitative estimate of drug-likeness (QED) is 0.475. The van der Waals surface area contributed by atoms with E-state index in [9.17, 15) is 0 Å². The zero-order valence-corrected chi connectivity index (χ0v) is 7.68. The molecule has 0 saturated heterocycles. The largest absolute Gasteiger partial charge is 0.508 e. The third kappa shape index (κ3) is 1.80. The summed E-state index contributed by atoms with van der Waals surface area (Å²) in [5, 5.41) is 16.1. The molecule has 1 aromatic rings. The number of rotatable bonds is 2. The molecule has 3 heteroatoms. The third-order valence-electron chi connectivity index (χ3n) is 1.73. The maximum Gasteiger partial charge on any atom is 0.115 e. The Labute approximate surface area is 77.2 Å². The first-order valence-electron chi connectivity index (χ1n) is 3.60. The smallest absolute Gasteiger partial charge is 0.115 e. The first kappa shape index (κ1) is 9.13. The number of benzene rings is 1. The van der Waals surface area contributed by atoms with Crippen molar-refractivity contribution in [3.8, 4) is 5.75 Å². The highest BCUT2D eigenvalue weighted by Crippen LogP contribution is 2.26. The highest BCUT2D eigenvalue weighted by molar-refractivity contribution is 7.82. The SMILES string of the molecule is CC(S)(C=N)c1ccc(O)cc1. The Hall–Kier alpha value is -0.960. The van der Waals surface area contributed by atoms with Gasteiger partial charge in [-0.3, -0.25) is 0 Å². The Morgan fingerprint density at radius 1 is 1.42 bits per heavy atom. The van der Waals surface area contributed by atoms with Crippen molar-refractivity contribution in [3.63, 3.8) is 0 Å². The van der Waals surface area contributed by atoms with Crippen LogP contribution in [0.2, 0.25) is 0 Å². The van der Waals surface area contributed by atoms with Gasteiger partial charge in [-0.15, -0.1) is 0 Å². The molecule has 0 heterocycles. The van der Waals surface area contributed by atoms with E-state index in [-0.39, 0.29) is 5.75 Å². The van der Waals surface area contributed by atoms with E-state index in [0.29, 0.717) is 0 Å². The molecule has 2 N–H and O–H groups in total. The normalized spacial score (nSPS) is 15.2. The number of aromatic hydroxyl groups is 1. The summed E-state index contributed by atoms with van der Waals surface area (Å²) in [5.74, 6) is 0.230.